The van der Waals surface area contributed by atoms with Crippen LogP contribution >= 0.6 is 12.2 Å². The van der Waals surface area contributed by atoms with E-state index in [4.69, 9.17) is 18.0 Å². The van der Waals surface area contributed by atoms with Gasteiger partial charge in [0.25, 0.3) is 0 Å². The molecular formula is C12H22N2OS. The molecule has 0 aliphatic heterocycles. The van der Waals surface area contributed by atoms with Gasteiger partial charge in [0.05, 0.1) is 10.9 Å². The molecule has 1 atom stereocenters. The first-order chi connectivity index (χ1) is 7.54. The molecule has 1 rings (SSSR count). The molecule has 0 saturated heterocycles. The maximum Gasteiger partial charge on any atom is 0.229 e. The number of hydrogen-bond donors (Lipinski definition) is 2. The summed E-state index contributed by atoms with van der Waals surface area (Å²) >= 11 is 4.89. The van der Waals surface area contributed by atoms with Crippen molar-refractivity contribution in [2.45, 2.75) is 46.0 Å². The Hall–Kier alpha value is -0.640. The molecule has 0 aromatic heterocycles. The van der Waals surface area contributed by atoms with Gasteiger partial charge in [-0.1, -0.05) is 32.5 Å². The van der Waals surface area contributed by atoms with Gasteiger partial charge in [-0.25, -0.2) is 0 Å². The van der Waals surface area contributed by atoms with Crippen molar-refractivity contribution < 1.29 is 4.79 Å². The normalized spacial score (nSPS) is 19.6. The zero-order valence-electron chi connectivity index (χ0n) is 10.2. The summed E-state index contributed by atoms with van der Waals surface area (Å²) in [5, 5.41) is 3.00. The molecule has 3 nitrogen and oxygen atoms in total. The third-order valence-corrected chi connectivity index (χ3v) is 4.15. The van der Waals surface area contributed by atoms with Crippen LogP contribution in [-0.4, -0.2) is 17.4 Å². The van der Waals surface area contributed by atoms with Gasteiger partial charge in [0.15, 0.2) is 0 Å². The minimum absolute atomic E-state index is 0.00488. The van der Waals surface area contributed by atoms with Crippen molar-refractivity contribution in [1.29, 1.82) is 0 Å². The third-order valence-electron chi connectivity index (χ3n) is 3.87. The van der Waals surface area contributed by atoms with Gasteiger partial charge in [-0.3, -0.25) is 4.79 Å². The quantitative estimate of drug-likeness (QED) is 0.700. The van der Waals surface area contributed by atoms with E-state index in [1.54, 1.807) is 0 Å². The summed E-state index contributed by atoms with van der Waals surface area (Å²) in [7, 11) is 0. The number of hydrogen-bond acceptors (Lipinski definition) is 2. The fourth-order valence-electron chi connectivity index (χ4n) is 2.25. The summed E-state index contributed by atoms with van der Waals surface area (Å²) in [4.78, 5) is 12.1. The molecule has 4 heteroatoms. The van der Waals surface area contributed by atoms with Crippen LogP contribution in [0.2, 0.25) is 0 Å². The van der Waals surface area contributed by atoms with Crippen LogP contribution in [-0.2, 0) is 4.79 Å². The summed E-state index contributed by atoms with van der Waals surface area (Å²) in [6, 6.07) is 0. The molecule has 3 N–H and O–H groups in total. The Bertz CT molecular complexity index is 269. The molecule has 1 unspecified atom stereocenters. The Labute approximate surface area is 103 Å². The lowest BCUT2D eigenvalue weighted by Crippen LogP contribution is -2.45. The summed E-state index contributed by atoms with van der Waals surface area (Å²) in [6.07, 6.45) is 5.56. The second-order valence-corrected chi connectivity index (χ2v) is 5.26. The van der Waals surface area contributed by atoms with Gasteiger partial charge in [0.1, 0.15) is 0 Å². The van der Waals surface area contributed by atoms with Crippen molar-refractivity contribution in [3.63, 3.8) is 0 Å². The van der Waals surface area contributed by atoms with Gasteiger partial charge in [0.2, 0.25) is 5.91 Å². The SMILES string of the molecule is CCC(C(=O)NCC1(CC)CCC1)C(N)=S. The van der Waals surface area contributed by atoms with Crippen LogP contribution in [0.4, 0.5) is 0 Å². The number of carbonyl (C=O) groups excluding carboxylic acids is 1. The zero-order chi connectivity index (χ0) is 12.2. The van der Waals surface area contributed by atoms with Gasteiger partial charge in [-0.2, -0.15) is 0 Å². The molecule has 1 aliphatic carbocycles. The van der Waals surface area contributed by atoms with E-state index in [1.807, 2.05) is 6.92 Å². The Morgan fingerprint density at radius 2 is 2.12 bits per heavy atom. The molecule has 1 amide bonds. The number of amides is 1. The van der Waals surface area contributed by atoms with Crippen molar-refractivity contribution in [2.24, 2.45) is 17.1 Å². The van der Waals surface area contributed by atoms with Crippen LogP contribution < -0.4 is 11.1 Å². The maximum atomic E-state index is 11.8. The van der Waals surface area contributed by atoms with E-state index >= 15 is 0 Å². The fraction of sp³-hybridized carbons (Fsp3) is 0.833. The van der Waals surface area contributed by atoms with E-state index < -0.39 is 0 Å². The first-order valence-corrected chi connectivity index (χ1v) is 6.52. The van der Waals surface area contributed by atoms with Crippen LogP contribution in [0.3, 0.4) is 0 Å². The van der Waals surface area contributed by atoms with Gasteiger partial charge in [0, 0.05) is 6.54 Å². The van der Waals surface area contributed by atoms with Crippen molar-refractivity contribution in [3.05, 3.63) is 0 Å². The largest absolute Gasteiger partial charge is 0.393 e. The summed E-state index contributed by atoms with van der Waals surface area (Å²) < 4.78 is 0. The monoisotopic (exact) mass is 242 g/mol. The smallest absolute Gasteiger partial charge is 0.229 e. The van der Waals surface area contributed by atoms with Gasteiger partial charge >= 0.3 is 0 Å². The van der Waals surface area contributed by atoms with Crippen LogP contribution in [0.5, 0.6) is 0 Å². The first-order valence-electron chi connectivity index (χ1n) is 6.11. The topological polar surface area (TPSA) is 55.1 Å². The van der Waals surface area contributed by atoms with Crippen molar-refractivity contribution >= 4 is 23.1 Å². The molecule has 92 valence electrons. The maximum absolute atomic E-state index is 11.8. The lowest BCUT2D eigenvalue weighted by Gasteiger charge is -2.41. The number of nitrogens with one attached hydrogen (secondary N) is 1. The Kier molecular flexibility index (Phi) is 4.71. The van der Waals surface area contributed by atoms with E-state index in [1.165, 1.54) is 19.3 Å². The molecule has 1 aliphatic rings. The first kappa shape index (κ1) is 13.4. The van der Waals surface area contributed by atoms with Crippen molar-refractivity contribution in [3.8, 4) is 0 Å². The van der Waals surface area contributed by atoms with Gasteiger partial charge in [-0.05, 0) is 31.1 Å². The highest BCUT2D eigenvalue weighted by atomic mass is 32.1. The van der Waals surface area contributed by atoms with Crippen LogP contribution in [0.1, 0.15) is 46.0 Å². The molecule has 1 saturated carbocycles. The summed E-state index contributed by atoms with van der Waals surface area (Å²) in [6.45, 7) is 4.90. The second-order valence-electron chi connectivity index (χ2n) is 4.79. The van der Waals surface area contributed by atoms with E-state index in [0.717, 1.165) is 13.0 Å². The molecule has 0 aromatic carbocycles. The molecule has 0 spiro atoms. The van der Waals surface area contributed by atoms with Crippen LogP contribution in [0.25, 0.3) is 0 Å². The Morgan fingerprint density at radius 3 is 2.44 bits per heavy atom. The number of nitrogens with two attached hydrogens (primary N) is 1. The molecule has 0 radical (unpaired) electrons. The van der Waals surface area contributed by atoms with E-state index in [-0.39, 0.29) is 11.8 Å². The molecule has 16 heavy (non-hydrogen) atoms. The highest BCUT2D eigenvalue weighted by molar-refractivity contribution is 7.80. The minimum atomic E-state index is -0.302. The Balaban J connectivity index is 2.42. The molecular weight excluding hydrogens is 220 g/mol. The lowest BCUT2D eigenvalue weighted by molar-refractivity contribution is -0.124. The molecule has 0 heterocycles. The predicted molar refractivity (Wildman–Crippen MR) is 70.2 cm³/mol. The molecule has 1 fully saturated rings. The standard InChI is InChI=1S/C12H22N2OS/c1-3-9(10(13)16)11(15)14-8-12(4-2)6-5-7-12/h9H,3-8H2,1-2H3,(H2,13,16)(H,14,15). The lowest BCUT2D eigenvalue weighted by atomic mass is 9.67. The molecule has 0 aromatic rings. The predicted octanol–water partition coefficient (Wildman–Crippen LogP) is 2.00. The number of thiocarbonyl (C=S) groups is 1. The molecule has 0 bridgehead atoms. The average molecular weight is 242 g/mol. The second kappa shape index (κ2) is 5.62. The van der Waals surface area contributed by atoms with Crippen LogP contribution in [0.15, 0.2) is 0 Å². The van der Waals surface area contributed by atoms with Crippen molar-refractivity contribution in [1.82, 2.24) is 5.32 Å². The Morgan fingerprint density at radius 1 is 1.50 bits per heavy atom. The van der Waals surface area contributed by atoms with E-state index in [0.29, 0.717) is 16.8 Å². The fourth-order valence-corrected chi connectivity index (χ4v) is 2.52. The minimum Gasteiger partial charge on any atom is -0.393 e. The van der Waals surface area contributed by atoms with E-state index in [9.17, 15) is 4.79 Å². The zero-order valence-corrected chi connectivity index (χ0v) is 11.0. The van der Waals surface area contributed by atoms with Gasteiger partial charge in [-0.15, -0.1) is 0 Å². The van der Waals surface area contributed by atoms with E-state index in [2.05, 4.69) is 12.2 Å². The average Bonchev–Trinajstić information content (AvgIpc) is 2.17. The van der Waals surface area contributed by atoms with Crippen LogP contribution in [0, 0.1) is 11.3 Å². The van der Waals surface area contributed by atoms with Gasteiger partial charge < -0.3 is 11.1 Å². The highest BCUT2D eigenvalue weighted by Crippen LogP contribution is 2.43. The number of carbonyl (C=O) groups is 1. The summed E-state index contributed by atoms with van der Waals surface area (Å²) in [5.74, 6) is -0.307. The number of rotatable bonds is 6. The highest BCUT2D eigenvalue weighted by Gasteiger charge is 2.35. The summed E-state index contributed by atoms with van der Waals surface area (Å²) in [5.41, 5.74) is 5.89. The third kappa shape index (κ3) is 2.94. The van der Waals surface area contributed by atoms with Crippen molar-refractivity contribution in [2.75, 3.05) is 6.54 Å².